The van der Waals surface area contributed by atoms with Crippen molar-refractivity contribution in [3.63, 3.8) is 0 Å². The van der Waals surface area contributed by atoms with Crippen molar-refractivity contribution in [1.29, 1.82) is 0 Å². The monoisotopic (exact) mass is 204 g/mol. The molecule has 0 amide bonds. The molecule has 1 aromatic rings. The summed E-state index contributed by atoms with van der Waals surface area (Å²) in [5.74, 6) is -1.16. The molecular weight excluding hydrogens is 192 g/mol. The number of ether oxygens (including phenoxy) is 1. The molecule has 0 aromatic heterocycles. The molecule has 0 fully saturated rings. The van der Waals surface area contributed by atoms with Crippen LogP contribution in [-0.4, -0.2) is 17.7 Å². The number of rotatable bonds is 4. The molecule has 0 saturated heterocycles. The number of hydrogen-bond donors (Lipinski definition) is 1. The molecule has 0 atom stereocenters. The van der Waals surface area contributed by atoms with Crippen LogP contribution < -0.4 is 0 Å². The maximum absolute atomic E-state index is 11.1. The largest absolute Gasteiger partial charge is 0.502 e. The number of hydrogen-bond acceptors (Lipinski definition) is 3. The van der Waals surface area contributed by atoms with Gasteiger partial charge in [-0.25, -0.2) is 4.79 Å². The Balaban J connectivity index is 2.67. The van der Waals surface area contributed by atoms with Gasteiger partial charge >= 0.3 is 5.97 Å². The van der Waals surface area contributed by atoms with Crippen molar-refractivity contribution in [2.45, 2.75) is 0 Å². The predicted molar refractivity (Wildman–Crippen MR) is 58.2 cm³/mol. The Labute approximate surface area is 88.3 Å². The Kier molecular flexibility index (Phi) is 4.16. The second kappa shape index (κ2) is 5.65. The Hall–Kier alpha value is -2.03. The maximum Gasteiger partial charge on any atom is 0.373 e. The van der Waals surface area contributed by atoms with Gasteiger partial charge in [0.1, 0.15) is 6.61 Å². The average molecular weight is 204 g/mol. The lowest BCUT2D eigenvalue weighted by Gasteiger charge is -2.00. The molecule has 78 valence electrons. The van der Waals surface area contributed by atoms with E-state index in [1.807, 2.05) is 18.2 Å². The number of aliphatic hydroxyl groups excluding tert-OH is 1. The highest BCUT2D eigenvalue weighted by atomic mass is 16.5. The highest BCUT2D eigenvalue weighted by molar-refractivity contribution is 5.90. The maximum atomic E-state index is 11.1. The first-order chi connectivity index (χ1) is 7.24. The quantitative estimate of drug-likeness (QED) is 0.354. The van der Waals surface area contributed by atoms with E-state index in [1.165, 1.54) is 12.2 Å². The summed E-state index contributed by atoms with van der Waals surface area (Å²) in [6.07, 6.45) is 2.79. The lowest BCUT2D eigenvalue weighted by atomic mass is 10.2. The normalized spacial score (nSPS) is 10.8. The summed E-state index contributed by atoms with van der Waals surface area (Å²) in [5, 5.41) is 9.35. The molecule has 0 heterocycles. The highest BCUT2D eigenvalue weighted by Gasteiger charge is 2.07. The van der Waals surface area contributed by atoms with E-state index in [2.05, 4.69) is 11.3 Å². The fourth-order valence-corrected chi connectivity index (χ4v) is 0.975. The number of carbonyl (C=O) groups is 1. The van der Waals surface area contributed by atoms with E-state index in [9.17, 15) is 9.90 Å². The van der Waals surface area contributed by atoms with Crippen LogP contribution in [0.25, 0.3) is 6.08 Å². The van der Waals surface area contributed by atoms with Crippen LogP contribution in [0.4, 0.5) is 0 Å². The van der Waals surface area contributed by atoms with Crippen molar-refractivity contribution in [2.75, 3.05) is 6.61 Å². The molecule has 0 saturated carbocycles. The summed E-state index contributed by atoms with van der Waals surface area (Å²) in [6.45, 7) is 3.49. The number of carbonyl (C=O) groups excluding carboxylic acids is 1. The molecule has 0 unspecified atom stereocenters. The van der Waals surface area contributed by atoms with Crippen molar-refractivity contribution in [3.8, 4) is 0 Å². The standard InChI is InChI=1S/C12H12O3/c1-2-8-15-12(14)11(13)9-10-6-4-3-5-7-10/h2-7,9,13H,1,8H2. The number of benzene rings is 1. The van der Waals surface area contributed by atoms with E-state index in [1.54, 1.807) is 12.1 Å². The van der Waals surface area contributed by atoms with E-state index in [4.69, 9.17) is 0 Å². The fraction of sp³-hybridized carbons (Fsp3) is 0.0833. The molecule has 3 heteroatoms. The second-order valence-electron chi connectivity index (χ2n) is 2.83. The predicted octanol–water partition coefficient (Wildman–Crippen LogP) is 2.31. The van der Waals surface area contributed by atoms with Gasteiger partial charge in [-0.2, -0.15) is 0 Å². The molecule has 0 aliphatic rings. The van der Waals surface area contributed by atoms with E-state index < -0.39 is 11.7 Å². The zero-order chi connectivity index (χ0) is 11.1. The molecule has 15 heavy (non-hydrogen) atoms. The topological polar surface area (TPSA) is 46.5 Å². The first kappa shape index (κ1) is 11.0. The SMILES string of the molecule is C=CCOC(=O)C(O)=Cc1ccccc1. The van der Waals surface area contributed by atoms with Crippen molar-refractivity contribution < 1.29 is 14.6 Å². The van der Waals surface area contributed by atoms with Crippen LogP contribution in [0.1, 0.15) is 5.56 Å². The molecule has 0 spiro atoms. The Morgan fingerprint density at radius 2 is 2.07 bits per heavy atom. The Bertz CT molecular complexity index is 366. The lowest BCUT2D eigenvalue weighted by molar-refractivity contribution is -0.140. The summed E-state index contributed by atoms with van der Waals surface area (Å²) in [6, 6.07) is 9.03. The van der Waals surface area contributed by atoms with Gasteiger partial charge in [0.25, 0.3) is 0 Å². The molecule has 1 rings (SSSR count). The minimum absolute atomic E-state index is 0.0888. The van der Waals surface area contributed by atoms with Crippen LogP contribution in [0.3, 0.4) is 0 Å². The second-order valence-corrected chi connectivity index (χ2v) is 2.83. The van der Waals surface area contributed by atoms with Crippen LogP contribution in [0.2, 0.25) is 0 Å². The van der Waals surface area contributed by atoms with Crippen molar-refractivity contribution in [2.24, 2.45) is 0 Å². The first-order valence-electron chi connectivity index (χ1n) is 4.48. The van der Waals surface area contributed by atoms with Gasteiger partial charge in [-0.1, -0.05) is 43.0 Å². The van der Waals surface area contributed by atoms with Gasteiger partial charge in [-0.05, 0) is 11.6 Å². The molecule has 1 aromatic carbocycles. The summed E-state index contributed by atoms with van der Waals surface area (Å²) < 4.78 is 4.65. The molecule has 0 bridgehead atoms. The highest BCUT2D eigenvalue weighted by Crippen LogP contribution is 2.05. The number of aliphatic hydroxyl groups is 1. The zero-order valence-corrected chi connectivity index (χ0v) is 8.22. The fourth-order valence-electron chi connectivity index (χ4n) is 0.975. The van der Waals surface area contributed by atoms with Gasteiger partial charge in [0.05, 0.1) is 0 Å². The molecular formula is C12H12O3. The third-order valence-electron chi connectivity index (χ3n) is 1.64. The van der Waals surface area contributed by atoms with Crippen LogP contribution in [0, 0.1) is 0 Å². The molecule has 0 aliphatic carbocycles. The van der Waals surface area contributed by atoms with Gasteiger partial charge in [-0.3, -0.25) is 0 Å². The Morgan fingerprint density at radius 3 is 2.67 bits per heavy atom. The van der Waals surface area contributed by atoms with Crippen molar-refractivity contribution >= 4 is 12.0 Å². The van der Waals surface area contributed by atoms with E-state index in [0.717, 1.165) is 5.56 Å². The van der Waals surface area contributed by atoms with Gasteiger partial charge in [0.2, 0.25) is 5.76 Å². The van der Waals surface area contributed by atoms with Crippen molar-refractivity contribution in [3.05, 3.63) is 54.3 Å². The van der Waals surface area contributed by atoms with E-state index >= 15 is 0 Å². The molecule has 0 radical (unpaired) electrons. The van der Waals surface area contributed by atoms with E-state index in [0.29, 0.717) is 0 Å². The Morgan fingerprint density at radius 1 is 1.40 bits per heavy atom. The third-order valence-corrected chi connectivity index (χ3v) is 1.64. The van der Waals surface area contributed by atoms with Crippen molar-refractivity contribution in [1.82, 2.24) is 0 Å². The summed E-state index contributed by atoms with van der Waals surface area (Å²) in [7, 11) is 0. The van der Waals surface area contributed by atoms with Gasteiger partial charge < -0.3 is 9.84 Å². The van der Waals surface area contributed by atoms with Gasteiger partial charge in [0, 0.05) is 0 Å². The average Bonchev–Trinajstić information content (AvgIpc) is 2.27. The third kappa shape index (κ3) is 3.68. The van der Waals surface area contributed by atoms with Crippen LogP contribution in [0.15, 0.2) is 48.7 Å². The minimum atomic E-state index is -0.751. The smallest absolute Gasteiger partial charge is 0.373 e. The zero-order valence-electron chi connectivity index (χ0n) is 8.22. The van der Waals surface area contributed by atoms with Crippen LogP contribution in [0.5, 0.6) is 0 Å². The minimum Gasteiger partial charge on any atom is -0.502 e. The first-order valence-corrected chi connectivity index (χ1v) is 4.48. The molecule has 1 N–H and O–H groups in total. The van der Waals surface area contributed by atoms with Gasteiger partial charge in [0.15, 0.2) is 0 Å². The van der Waals surface area contributed by atoms with Crippen LogP contribution in [-0.2, 0) is 9.53 Å². The number of esters is 1. The van der Waals surface area contributed by atoms with Crippen LogP contribution >= 0.6 is 0 Å². The van der Waals surface area contributed by atoms with E-state index in [-0.39, 0.29) is 6.61 Å². The summed E-state index contributed by atoms with van der Waals surface area (Å²) >= 11 is 0. The summed E-state index contributed by atoms with van der Waals surface area (Å²) in [4.78, 5) is 11.1. The molecule has 0 aliphatic heterocycles. The molecule has 3 nitrogen and oxygen atoms in total. The van der Waals surface area contributed by atoms with Gasteiger partial charge in [-0.15, -0.1) is 0 Å². The summed E-state index contributed by atoms with van der Waals surface area (Å²) in [5.41, 5.74) is 0.741. The lowest BCUT2D eigenvalue weighted by Crippen LogP contribution is -2.07.